The lowest BCUT2D eigenvalue weighted by molar-refractivity contribution is -0.0121. The fraction of sp³-hybridized carbons (Fsp3) is 0.591. The lowest BCUT2D eigenvalue weighted by atomic mass is 9.68. The van der Waals surface area contributed by atoms with Gasteiger partial charge in [0, 0.05) is 17.9 Å². The van der Waals surface area contributed by atoms with Crippen molar-refractivity contribution >= 4 is 14.8 Å². The average molecular weight is 469 g/mol. The van der Waals surface area contributed by atoms with Crippen LogP contribution in [0.2, 0.25) is 0 Å². The molecular formula is C22H32NO8P. The van der Waals surface area contributed by atoms with Crippen molar-refractivity contribution in [3.8, 4) is 11.5 Å². The first-order chi connectivity index (χ1) is 15.3. The van der Waals surface area contributed by atoms with Gasteiger partial charge in [0.2, 0.25) is 6.79 Å². The smallest absolute Gasteiger partial charge is 0.493 e. The van der Waals surface area contributed by atoms with Crippen molar-refractivity contribution in [1.82, 2.24) is 4.90 Å². The van der Waals surface area contributed by atoms with Gasteiger partial charge >= 0.3 is 14.8 Å². The Bertz CT molecular complexity index is 832. The van der Waals surface area contributed by atoms with E-state index >= 15 is 0 Å². The third-order valence-corrected chi connectivity index (χ3v) is 6.66. The Morgan fingerprint density at radius 2 is 2.00 bits per heavy atom. The highest BCUT2D eigenvalue weighted by molar-refractivity contribution is 7.40. The van der Waals surface area contributed by atoms with Gasteiger partial charge in [-0.25, -0.2) is 4.79 Å². The molecule has 1 aromatic carbocycles. The Balaban J connectivity index is 1.66. The molecule has 1 N–H and O–H groups in total. The number of benzene rings is 1. The molecule has 0 radical (unpaired) electrons. The van der Waals surface area contributed by atoms with Crippen LogP contribution in [0.1, 0.15) is 38.7 Å². The monoisotopic (exact) mass is 469 g/mol. The number of ether oxygens (including phenoxy) is 4. The maximum Gasteiger partial charge on any atom is 0.510 e. The molecule has 1 heterocycles. The second kappa shape index (κ2) is 10.7. The first-order valence-corrected chi connectivity index (χ1v) is 11.7. The fourth-order valence-corrected chi connectivity index (χ4v) is 4.95. The summed E-state index contributed by atoms with van der Waals surface area (Å²) in [7, 11) is 3.12. The number of hydrogen-bond acceptors (Lipinski definition) is 9. The van der Waals surface area contributed by atoms with Crippen LogP contribution in [-0.4, -0.2) is 62.7 Å². The summed E-state index contributed by atoms with van der Waals surface area (Å²) in [6, 6.07) is 6.20. The molecule has 0 spiro atoms. The molecule has 2 aliphatic rings. The highest BCUT2D eigenvalue weighted by atomic mass is 31.2. The summed E-state index contributed by atoms with van der Waals surface area (Å²) in [5, 5.41) is 0. The number of carbonyl (C=O) groups is 1. The number of hydrogen-bond donors (Lipinski definition) is 1. The van der Waals surface area contributed by atoms with Gasteiger partial charge in [0.1, 0.15) is 5.76 Å². The summed E-state index contributed by atoms with van der Waals surface area (Å²) >= 11 is 0. The van der Waals surface area contributed by atoms with E-state index < -0.39 is 21.6 Å². The van der Waals surface area contributed by atoms with Gasteiger partial charge in [0.25, 0.3) is 0 Å². The minimum absolute atomic E-state index is 0.0794. The largest absolute Gasteiger partial charge is 0.510 e. The second-order valence-electron chi connectivity index (χ2n) is 8.17. The zero-order valence-corrected chi connectivity index (χ0v) is 20.1. The van der Waals surface area contributed by atoms with Gasteiger partial charge in [-0.3, -0.25) is 9.42 Å². The van der Waals surface area contributed by atoms with Crippen molar-refractivity contribution in [2.24, 2.45) is 0 Å². The van der Waals surface area contributed by atoms with Crippen LogP contribution in [0.5, 0.6) is 11.5 Å². The van der Waals surface area contributed by atoms with Gasteiger partial charge in [-0.05, 0) is 64.1 Å². The average Bonchev–Trinajstić information content (AvgIpc) is 3.10. The predicted molar refractivity (Wildman–Crippen MR) is 118 cm³/mol. The van der Waals surface area contributed by atoms with Gasteiger partial charge in [0.15, 0.2) is 11.5 Å². The highest BCUT2D eigenvalue weighted by Crippen LogP contribution is 2.50. The number of allylic oxidation sites excluding steroid dienone is 1. The number of nitrogens with zero attached hydrogens (tertiary/aromatic N) is 1. The molecule has 10 heteroatoms. The quantitative estimate of drug-likeness (QED) is 0.326. The summed E-state index contributed by atoms with van der Waals surface area (Å²) in [6.45, 7) is 3.92. The van der Waals surface area contributed by atoms with Crippen molar-refractivity contribution in [2.45, 2.75) is 50.7 Å². The zero-order chi connectivity index (χ0) is 23.3. The van der Waals surface area contributed by atoms with Crippen LogP contribution in [0.25, 0.3) is 0 Å². The first kappa shape index (κ1) is 24.6. The van der Waals surface area contributed by atoms with Crippen LogP contribution in [0.3, 0.4) is 0 Å². The molecule has 3 atom stereocenters. The van der Waals surface area contributed by atoms with E-state index in [-0.39, 0.29) is 17.6 Å². The number of likely N-dealkylation sites (tertiary alicyclic amines) is 1. The lowest BCUT2D eigenvalue weighted by Gasteiger charge is -2.40. The molecule has 32 heavy (non-hydrogen) atoms. The summed E-state index contributed by atoms with van der Waals surface area (Å²) < 4.78 is 31.2. The minimum Gasteiger partial charge on any atom is -0.493 e. The number of fused-ring (bicyclic) bond motifs is 1. The van der Waals surface area contributed by atoms with Crippen LogP contribution < -0.4 is 9.47 Å². The molecule has 0 amide bonds. The first-order valence-electron chi connectivity index (χ1n) is 10.6. The van der Waals surface area contributed by atoms with Gasteiger partial charge in [-0.2, -0.15) is 0 Å². The molecule has 1 aliphatic heterocycles. The van der Waals surface area contributed by atoms with Crippen LogP contribution in [-0.2, 0) is 23.9 Å². The molecule has 1 fully saturated rings. The van der Waals surface area contributed by atoms with Crippen LogP contribution in [0, 0.1) is 0 Å². The predicted octanol–water partition coefficient (Wildman–Crippen LogP) is 4.09. The third-order valence-electron chi connectivity index (χ3n) is 5.94. The number of likely N-dealkylation sites (N-methyl/N-ethyl adjacent to an activating group) is 1. The number of rotatable bonds is 9. The molecule has 0 saturated carbocycles. The Kier molecular flexibility index (Phi) is 8.22. The standard InChI is InChI=1S/C22H32NO8P/c1-15(2)30-21(24)28-14-29-32(25)31-17-8-9-22(10-11-23(3)20(22)13-17)16-6-7-18(26-4)19(12-16)27-5/h6-7,12-13,15,20,25H,8-11,14H2,1-5H3/t20?,22-,32?/m0/s1. The SMILES string of the molecule is COc1ccc([C@@]23CCC(OP(O)OCOC(=O)OC(C)C)=CC2N(C)CC3)cc1OC. The summed E-state index contributed by atoms with van der Waals surface area (Å²) in [5.74, 6) is 2.08. The van der Waals surface area contributed by atoms with E-state index in [0.29, 0.717) is 23.7 Å². The van der Waals surface area contributed by atoms with Crippen molar-refractivity contribution in [3.05, 3.63) is 35.6 Å². The second-order valence-corrected chi connectivity index (χ2v) is 9.09. The maximum absolute atomic E-state index is 11.4. The van der Waals surface area contributed by atoms with E-state index in [1.165, 1.54) is 5.56 Å². The molecule has 3 rings (SSSR count). The maximum atomic E-state index is 11.4. The Morgan fingerprint density at radius 1 is 1.25 bits per heavy atom. The molecule has 1 saturated heterocycles. The molecule has 9 nitrogen and oxygen atoms in total. The van der Waals surface area contributed by atoms with Crippen LogP contribution >= 0.6 is 8.60 Å². The summed E-state index contributed by atoms with van der Waals surface area (Å²) in [4.78, 5) is 23.8. The normalized spacial score (nSPS) is 23.8. The van der Waals surface area contributed by atoms with Crippen LogP contribution in [0.15, 0.2) is 30.0 Å². The molecule has 0 aromatic heterocycles. The Labute approximate surface area is 190 Å². The van der Waals surface area contributed by atoms with E-state index in [1.807, 2.05) is 6.07 Å². The van der Waals surface area contributed by atoms with E-state index in [4.69, 9.17) is 28.0 Å². The molecule has 1 aliphatic carbocycles. The highest BCUT2D eigenvalue weighted by Gasteiger charge is 2.48. The van der Waals surface area contributed by atoms with Gasteiger partial charge < -0.3 is 28.4 Å². The van der Waals surface area contributed by atoms with Crippen molar-refractivity contribution < 1.29 is 37.7 Å². The van der Waals surface area contributed by atoms with Crippen molar-refractivity contribution in [1.29, 1.82) is 0 Å². The molecule has 0 bridgehead atoms. The van der Waals surface area contributed by atoms with E-state index in [0.717, 1.165) is 19.4 Å². The molecular weight excluding hydrogens is 437 g/mol. The Hall–Kier alpha value is -2.06. The Morgan fingerprint density at radius 3 is 2.69 bits per heavy atom. The van der Waals surface area contributed by atoms with E-state index in [9.17, 15) is 9.69 Å². The third kappa shape index (κ3) is 5.46. The lowest BCUT2D eigenvalue weighted by Crippen LogP contribution is -2.42. The number of methoxy groups -OCH3 is 2. The number of carbonyl (C=O) groups excluding carboxylic acids is 1. The van der Waals surface area contributed by atoms with Gasteiger partial charge in [-0.1, -0.05) is 6.07 Å². The molecule has 2 unspecified atom stereocenters. The van der Waals surface area contributed by atoms with Crippen LogP contribution in [0.4, 0.5) is 4.79 Å². The van der Waals surface area contributed by atoms with Gasteiger partial charge in [-0.15, -0.1) is 0 Å². The topological polar surface area (TPSA) is 95.9 Å². The van der Waals surface area contributed by atoms with E-state index in [2.05, 4.69) is 30.2 Å². The van der Waals surface area contributed by atoms with Crippen molar-refractivity contribution in [2.75, 3.05) is 34.6 Å². The van der Waals surface area contributed by atoms with E-state index in [1.54, 1.807) is 28.1 Å². The summed E-state index contributed by atoms with van der Waals surface area (Å²) in [6.07, 6.45) is 3.41. The summed E-state index contributed by atoms with van der Waals surface area (Å²) in [5.41, 5.74) is 1.11. The van der Waals surface area contributed by atoms with Gasteiger partial charge in [0.05, 0.1) is 20.3 Å². The molecule has 178 valence electrons. The molecule has 1 aromatic rings. The minimum atomic E-state index is -2.23. The zero-order valence-electron chi connectivity index (χ0n) is 19.2. The van der Waals surface area contributed by atoms with Crippen molar-refractivity contribution in [3.63, 3.8) is 0 Å². The fourth-order valence-electron chi connectivity index (χ4n) is 4.40.